The van der Waals surface area contributed by atoms with Crippen LogP contribution in [0.3, 0.4) is 0 Å². The van der Waals surface area contributed by atoms with Crippen LogP contribution in [0.2, 0.25) is 0 Å². The Morgan fingerprint density at radius 3 is 2.58 bits per heavy atom. The topological polar surface area (TPSA) is 88.8 Å². The zero-order valence-electron chi connectivity index (χ0n) is 17.2. The van der Waals surface area contributed by atoms with E-state index >= 15 is 0 Å². The van der Waals surface area contributed by atoms with Gasteiger partial charge in [0.05, 0.1) is 24.2 Å². The Bertz CT molecular complexity index is 1130. The Kier molecular flexibility index (Phi) is 7.09. The van der Waals surface area contributed by atoms with E-state index in [4.69, 9.17) is 9.15 Å². The highest BCUT2D eigenvalue weighted by Crippen LogP contribution is 2.18. The Hall–Kier alpha value is -3.17. The molecule has 1 heterocycles. The van der Waals surface area contributed by atoms with Crippen LogP contribution in [0.25, 0.3) is 0 Å². The zero-order valence-corrected chi connectivity index (χ0v) is 18.0. The van der Waals surface area contributed by atoms with E-state index in [2.05, 4.69) is 4.72 Å². The lowest BCUT2D eigenvalue weighted by molar-refractivity contribution is 0.0773. The van der Waals surface area contributed by atoms with Crippen molar-refractivity contribution in [2.24, 2.45) is 0 Å². The van der Waals surface area contributed by atoms with Crippen LogP contribution in [-0.4, -0.2) is 39.4 Å². The van der Waals surface area contributed by atoms with Gasteiger partial charge in [-0.3, -0.25) is 4.79 Å². The van der Waals surface area contributed by atoms with E-state index < -0.39 is 10.0 Å². The molecule has 31 heavy (non-hydrogen) atoms. The van der Waals surface area contributed by atoms with Crippen LogP contribution in [0.1, 0.15) is 21.7 Å². The zero-order chi connectivity index (χ0) is 22.4. The first-order chi connectivity index (χ1) is 14.8. The van der Waals surface area contributed by atoms with Crippen molar-refractivity contribution in [3.05, 3.63) is 83.6 Å². The van der Waals surface area contributed by atoms with Gasteiger partial charge in [-0.1, -0.05) is 6.07 Å². The van der Waals surface area contributed by atoms with Crippen molar-refractivity contribution in [2.45, 2.75) is 18.4 Å². The van der Waals surface area contributed by atoms with Crippen LogP contribution in [0, 0.1) is 12.7 Å². The maximum absolute atomic E-state index is 12.9. The number of rotatable bonds is 9. The van der Waals surface area contributed by atoms with Crippen molar-refractivity contribution >= 4 is 15.9 Å². The molecule has 164 valence electrons. The van der Waals surface area contributed by atoms with Crippen molar-refractivity contribution in [1.29, 1.82) is 0 Å². The summed E-state index contributed by atoms with van der Waals surface area (Å²) in [6.07, 6.45) is 1.46. The number of nitrogens with zero attached hydrogens (tertiary/aromatic N) is 1. The van der Waals surface area contributed by atoms with Gasteiger partial charge in [0, 0.05) is 12.6 Å². The molecule has 0 atom stereocenters. The van der Waals surface area contributed by atoms with Gasteiger partial charge >= 0.3 is 0 Å². The number of likely N-dealkylation sites (N-methyl/N-ethyl adjacent to an activating group) is 1. The third-order valence-electron chi connectivity index (χ3n) is 4.62. The van der Waals surface area contributed by atoms with Crippen LogP contribution >= 0.6 is 0 Å². The average Bonchev–Trinajstić information content (AvgIpc) is 3.27. The normalized spacial score (nSPS) is 11.3. The van der Waals surface area contributed by atoms with Crippen molar-refractivity contribution < 1.29 is 26.8 Å². The molecule has 0 aliphatic carbocycles. The molecular formula is C22H23FN2O5S. The molecule has 1 aromatic heterocycles. The number of aryl methyl sites for hydroxylation is 1. The molecule has 0 bridgehead atoms. The Morgan fingerprint density at radius 1 is 1.16 bits per heavy atom. The molecule has 0 spiro atoms. The fraction of sp³-hybridized carbons (Fsp3) is 0.227. The molecule has 0 unspecified atom stereocenters. The minimum Gasteiger partial charge on any atom is -0.492 e. The minimum atomic E-state index is -3.83. The summed E-state index contributed by atoms with van der Waals surface area (Å²) in [5.41, 5.74) is 0.937. The first-order valence-electron chi connectivity index (χ1n) is 9.53. The third kappa shape index (κ3) is 5.93. The second-order valence-corrected chi connectivity index (χ2v) is 8.68. The number of furan rings is 1. The summed E-state index contributed by atoms with van der Waals surface area (Å²) in [4.78, 5) is 14.3. The Labute approximate surface area is 180 Å². The maximum atomic E-state index is 12.9. The number of carbonyl (C=O) groups is 1. The molecule has 7 nitrogen and oxygen atoms in total. The molecular weight excluding hydrogens is 423 g/mol. The van der Waals surface area contributed by atoms with E-state index in [0.29, 0.717) is 17.1 Å². The van der Waals surface area contributed by atoms with E-state index in [1.54, 1.807) is 32.2 Å². The SMILES string of the molecule is Cc1ccc(S(=O)(=O)NCc2ccco2)cc1C(=O)N(C)CCOc1ccc(F)cc1. The molecule has 2 aromatic carbocycles. The molecule has 0 saturated heterocycles. The van der Waals surface area contributed by atoms with Crippen molar-refractivity contribution in [3.63, 3.8) is 0 Å². The van der Waals surface area contributed by atoms with Gasteiger partial charge in [0.15, 0.2) is 0 Å². The molecule has 3 rings (SSSR count). The van der Waals surface area contributed by atoms with Gasteiger partial charge < -0.3 is 14.1 Å². The predicted molar refractivity (Wildman–Crippen MR) is 113 cm³/mol. The van der Waals surface area contributed by atoms with E-state index in [1.165, 1.54) is 47.6 Å². The quantitative estimate of drug-likeness (QED) is 0.545. The molecule has 0 radical (unpaired) electrons. The Balaban J connectivity index is 1.65. The molecule has 0 saturated carbocycles. The highest BCUT2D eigenvalue weighted by atomic mass is 32.2. The van der Waals surface area contributed by atoms with Gasteiger partial charge in [0.25, 0.3) is 5.91 Å². The van der Waals surface area contributed by atoms with Gasteiger partial charge in [-0.15, -0.1) is 0 Å². The van der Waals surface area contributed by atoms with Crippen LogP contribution < -0.4 is 9.46 Å². The summed E-state index contributed by atoms with van der Waals surface area (Å²) in [7, 11) is -2.22. The van der Waals surface area contributed by atoms with Crippen LogP contribution in [0.4, 0.5) is 4.39 Å². The number of hydrogen-bond donors (Lipinski definition) is 1. The fourth-order valence-electron chi connectivity index (χ4n) is 2.80. The highest BCUT2D eigenvalue weighted by Gasteiger charge is 2.20. The molecule has 9 heteroatoms. The maximum Gasteiger partial charge on any atom is 0.254 e. The molecule has 1 amide bonds. The summed E-state index contributed by atoms with van der Waals surface area (Å²) < 4.78 is 51.3. The summed E-state index contributed by atoms with van der Waals surface area (Å²) in [6, 6.07) is 13.3. The van der Waals surface area contributed by atoms with E-state index in [-0.39, 0.29) is 41.9 Å². The number of nitrogens with one attached hydrogen (secondary N) is 1. The smallest absolute Gasteiger partial charge is 0.254 e. The largest absolute Gasteiger partial charge is 0.492 e. The fourth-order valence-corrected chi connectivity index (χ4v) is 3.82. The monoisotopic (exact) mass is 446 g/mol. The number of amides is 1. The number of ether oxygens (including phenoxy) is 1. The number of benzene rings is 2. The number of carbonyl (C=O) groups excluding carboxylic acids is 1. The summed E-state index contributed by atoms with van der Waals surface area (Å²) in [5, 5.41) is 0. The van der Waals surface area contributed by atoms with Crippen molar-refractivity contribution in [1.82, 2.24) is 9.62 Å². The molecule has 0 aliphatic rings. The summed E-state index contributed by atoms with van der Waals surface area (Å²) in [6.45, 7) is 2.22. The van der Waals surface area contributed by atoms with Gasteiger partial charge in [-0.25, -0.2) is 17.5 Å². The number of halogens is 1. The third-order valence-corrected chi connectivity index (χ3v) is 6.02. The second kappa shape index (κ2) is 9.76. The average molecular weight is 447 g/mol. The van der Waals surface area contributed by atoms with Gasteiger partial charge in [-0.05, 0) is 61.0 Å². The van der Waals surface area contributed by atoms with Crippen LogP contribution in [0.5, 0.6) is 5.75 Å². The lowest BCUT2D eigenvalue weighted by atomic mass is 10.1. The van der Waals surface area contributed by atoms with Crippen molar-refractivity contribution in [3.8, 4) is 5.75 Å². The van der Waals surface area contributed by atoms with Gasteiger partial charge in [0.1, 0.15) is 23.9 Å². The molecule has 3 aromatic rings. The molecule has 0 fully saturated rings. The molecule has 0 aliphatic heterocycles. The predicted octanol–water partition coefficient (Wildman–Crippen LogP) is 3.36. The highest BCUT2D eigenvalue weighted by molar-refractivity contribution is 7.89. The number of hydrogen-bond acceptors (Lipinski definition) is 5. The standard InChI is InChI=1S/C22H23FN2O5S/c1-16-5-10-20(31(27,28)24-15-19-4-3-12-29-19)14-21(16)22(26)25(2)11-13-30-18-8-6-17(23)7-9-18/h3-10,12,14,24H,11,13,15H2,1-2H3. The minimum absolute atomic E-state index is 0.00706. The number of sulfonamides is 1. The Morgan fingerprint density at radius 2 is 1.90 bits per heavy atom. The summed E-state index contributed by atoms with van der Waals surface area (Å²) >= 11 is 0. The lowest BCUT2D eigenvalue weighted by Crippen LogP contribution is -2.31. The molecule has 1 N–H and O–H groups in total. The lowest BCUT2D eigenvalue weighted by Gasteiger charge is -2.19. The van der Waals surface area contributed by atoms with E-state index in [0.717, 1.165) is 0 Å². The van der Waals surface area contributed by atoms with Gasteiger partial charge in [0.2, 0.25) is 10.0 Å². The van der Waals surface area contributed by atoms with Crippen LogP contribution in [-0.2, 0) is 16.6 Å². The van der Waals surface area contributed by atoms with Gasteiger partial charge in [-0.2, -0.15) is 0 Å². The first-order valence-corrected chi connectivity index (χ1v) is 11.0. The second-order valence-electron chi connectivity index (χ2n) is 6.91. The first kappa shape index (κ1) is 22.5. The van der Waals surface area contributed by atoms with E-state index in [1.807, 2.05) is 0 Å². The van der Waals surface area contributed by atoms with Crippen LogP contribution in [0.15, 0.2) is 70.2 Å². The summed E-state index contributed by atoms with van der Waals surface area (Å²) in [5.74, 6) is 0.286. The van der Waals surface area contributed by atoms with E-state index in [9.17, 15) is 17.6 Å². The van der Waals surface area contributed by atoms with Crippen molar-refractivity contribution in [2.75, 3.05) is 20.2 Å².